The molecule has 10 heteroatoms. The third kappa shape index (κ3) is 4.47. The SMILES string of the molecule is CC#CCn1c(N2CCCC(N)C2)nc2c(C)nn(CC3=Nc4ccccc4S(=O)c4ccccc43)c(=O)c21. The van der Waals surface area contributed by atoms with Crippen molar-refractivity contribution in [3.05, 3.63) is 70.1 Å². The first-order valence-corrected chi connectivity index (χ1v) is 14.2. The average molecular weight is 540 g/mol. The smallest absolute Gasteiger partial charge is 0.293 e. The second-order valence-corrected chi connectivity index (χ2v) is 11.2. The molecule has 1 saturated heterocycles. The van der Waals surface area contributed by atoms with Crippen LogP contribution < -0.4 is 16.2 Å². The number of aromatic nitrogens is 4. The van der Waals surface area contributed by atoms with E-state index in [0.29, 0.717) is 57.0 Å². The molecule has 0 radical (unpaired) electrons. The van der Waals surface area contributed by atoms with Crippen LogP contribution in [0.3, 0.4) is 0 Å². The Morgan fingerprint density at radius 1 is 1.13 bits per heavy atom. The van der Waals surface area contributed by atoms with E-state index in [2.05, 4.69) is 21.8 Å². The van der Waals surface area contributed by atoms with Gasteiger partial charge in [0, 0.05) is 24.7 Å². The molecule has 198 valence electrons. The van der Waals surface area contributed by atoms with Gasteiger partial charge in [-0.3, -0.25) is 9.36 Å². The van der Waals surface area contributed by atoms with Crippen molar-refractivity contribution in [1.82, 2.24) is 19.3 Å². The number of hydrogen-bond acceptors (Lipinski definition) is 7. The van der Waals surface area contributed by atoms with Gasteiger partial charge in [0.1, 0.15) is 11.0 Å². The molecule has 2 aromatic heterocycles. The average Bonchev–Trinajstić information content (AvgIpc) is 3.29. The summed E-state index contributed by atoms with van der Waals surface area (Å²) < 4.78 is 16.8. The van der Waals surface area contributed by atoms with Crippen LogP contribution >= 0.6 is 0 Å². The van der Waals surface area contributed by atoms with Crippen molar-refractivity contribution in [3.8, 4) is 11.8 Å². The lowest BCUT2D eigenvalue weighted by atomic mass is 10.1. The number of fused-ring (bicyclic) bond motifs is 3. The number of aryl methyl sites for hydroxylation is 1. The molecule has 1 fully saturated rings. The van der Waals surface area contributed by atoms with Gasteiger partial charge in [0.2, 0.25) is 5.95 Å². The summed E-state index contributed by atoms with van der Waals surface area (Å²) >= 11 is 0. The van der Waals surface area contributed by atoms with E-state index in [1.807, 2.05) is 60.0 Å². The number of nitrogens with zero attached hydrogens (tertiary/aromatic N) is 6. The van der Waals surface area contributed by atoms with Gasteiger partial charge in [0.25, 0.3) is 5.56 Å². The predicted molar refractivity (Wildman–Crippen MR) is 153 cm³/mol. The van der Waals surface area contributed by atoms with Crippen molar-refractivity contribution in [2.24, 2.45) is 10.7 Å². The molecule has 9 nitrogen and oxygen atoms in total. The Kier molecular flexibility index (Phi) is 6.62. The highest BCUT2D eigenvalue weighted by molar-refractivity contribution is 7.85. The van der Waals surface area contributed by atoms with Crippen molar-refractivity contribution >= 4 is 39.2 Å². The van der Waals surface area contributed by atoms with Crippen LogP contribution in [0.2, 0.25) is 0 Å². The molecule has 2 atom stereocenters. The Labute approximate surface area is 228 Å². The summed E-state index contributed by atoms with van der Waals surface area (Å²) in [5, 5.41) is 4.66. The molecule has 0 aliphatic carbocycles. The van der Waals surface area contributed by atoms with Gasteiger partial charge >= 0.3 is 0 Å². The molecule has 4 aromatic rings. The van der Waals surface area contributed by atoms with E-state index in [9.17, 15) is 9.00 Å². The predicted octanol–water partition coefficient (Wildman–Crippen LogP) is 3.15. The maximum absolute atomic E-state index is 14.0. The van der Waals surface area contributed by atoms with Gasteiger partial charge in [-0.05, 0) is 44.9 Å². The Morgan fingerprint density at radius 2 is 1.90 bits per heavy atom. The van der Waals surface area contributed by atoms with E-state index in [1.54, 1.807) is 6.92 Å². The molecule has 2 aliphatic rings. The third-order valence-corrected chi connectivity index (χ3v) is 8.67. The monoisotopic (exact) mass is 539 g/mol. The maximum atomic E-state index is 14.0. The normalized spacial score (nSPS) is 18.5. The number of para-hydroxylation sites is 1. The zero-order chi connectivity index (χ0) is 27.1. The summed E-state index contributed by atoms with van der Waals surface area (Å²) in [6, 6.07) is 15.0. The standard InChI is InChI=1S/C29H29N7O2S/c1-3-4-16-35-27-26(32-29(35)34-15-9-10-20(30)17-34)19(2)33-36(28(27)37)18-23-21-11-5-7-13-24(21)39(38)25-14-8-6-12-22(25)31-23/h5-8,11-14,20H,9-10,15-18,30H2,1-2H3. The Balaban J connectivity index is 1.51. The largest absolute Gasteiger partial charge is 0.341 e. The maximum Gasteiger partial charge on any atom is 0.293 e. The van der Waals surface area contributed by atoms with Crippen LogP contribution in [0.4, 0.5) is 11.6 Å². The number of rotatable bonds is 4. The fourth-order valence-electron chi connectivity index (χ4n) is 5.31. The lowest BCUT2D eigenvalue weighted by molar-refractivity contribution is 0.496. The Bertz CT molecular complexity index is 1780. The number of anilines is 1. The van der Waals surface area contributed by atoms with Crippen LogP contribution in [-0.4, -0.2) is 48.4 Å². The van der Waals surface area contributed by atoms with Crippen LogP contribution in [0, 0.1) is 18.8 Å². The molecule has 6 rings (SSSR count). The van der Waals surface area contributed by atoms with Crippen LogP contribution in [0.25, 0.3) is 11.0 Å². The van der Waals surface area contributed by atoms with Crippen molar-refractivity contribution in [2.75, 3.05) is 18.0 Å². The van der Waals surface area contributed by atoms with Gasteiger partial charge < -0.3 is 10.6 Å². The van der Waals surface area contributed by atoms with Gasteiger partial charge in [-0.25, -0.2) is 18.9 Å². The number of hydrogen-bond donors (Lipinski definition) is 1. The van der Waals surface area contributed by atoms with Crippen molar-refractivity contribution < 1.29 is 4.21 Å². The van der Waals surface area contributed by atoms with E-state index < -0.39 is 10.8 Å². The number of nitrogens with two attached hydrogens (primary N) is 1. The number of piperidine rings is 1. The molecule has 2 aromatic carbocycles. The summed E-state index contributed by atoms with van der Waals surface area (Å²) in [5.74, 6) is 6.75. The summed E-state index contributed by atoms with van der Waals surface area (Å²) in [4.78, 5) is 27.3. The van der Waals surface area contributed by atoms with E-state index in [0.717, 1.165) is 24.9 Å². The minimum Gasteiger partial charge on any atom is -0.341 e. The van der Waals surface area contributed by atoms with Crippen LogP contribution in [0.5, 0.6) is 0 Å². The molecule has 39 heavy (non-hydrogen) atoms. The summed E-state index contributed by atoms with van der Waals surface area (Å²) in [7, 11) is -1.40. The van der Waals surface area contributed by atoms with Gasteiger partial charge in [-0.2, -0.15) is 5.10 Å². The minimum atomic E-state index is -1.40. The third-order valence-electron chi connectivity index (χ3n) is 7.17. The highest BCUT2D eigenvalue weighted by Crippen LogP contribution is 2.33. The lowest BCUT2D eigenvalue weighted by Crippen LogP contribution is -2.44. The molecular weight excluding hydrogens is 510 g/mol. The molecule has 2 unspecified atom stereocenters. The first-order chi connectivity index (χ1) is 19.0. The second kappa shape index (κ2) is 10.2. The lowest BCUT2D eigenvalue weighted by Gasteiger charge is -2.31. The fourth-order valence-corrected chi connectivity index (χ4v) is 6.64. The molecule has 0 amide bonds. The first-order valence-electron chi connectivity index (χ1n) is 13.0. The zero-order valence-electron chi connectivity index (χ0n) is 21.9. The number of benzene rings is 2. The Morgan fingerprint density at radius 3 is 2.69 bits per heavy atom. The highest BCUT2D eigenvalue weighted by atomic mass is 32.2. The van der Waals surface area contributed by atoms with Crippen molar-refractivity contribution in [3.63, 3.8) is 0 Å². The summed E-state index contributed by atoms with van der Waals surface area (Å²) in [5.41, 5.74) is 9.66. The molecule has 4 heterocycles. The fraction of sp³-hybridized carbons (Fsp3) is 0.310. The molecular formula is C29H29N7O2S. The van der Waals surface area contributed by atoms with Gasteiger partial charge in [0.15, 0.2) is 0 Å². The highest BCUT2D eigenvalue weighted by Gasteiger charge is 2.27. The molecule has 0 saturated carbocycles. The van der Waals surface area contributed by atoms with Crippen LogP contribution in [0.1, 0.15) is 31.0 Å². The van der Waals surface area contributed by atoms with Gasteiger partial charge in [-0.1, -0.05) is 36.3 Å². The molecule has 0 bridgehead atoms. The van der Waals surface area contributed by atoms with E-state index in [4.69, 9.17) is 15.7 Å². The number of aliphatic imine (C=N–C) groups is 1. The summed E-state index contributed by atoms with van der Waals surface area (Å²) in [6.45, 7) is 5.59. The quantitative estimate of drug-likeness (QED) is 0.399. The van der Waals surface area contributed by atoms with Gasteiger partial charge in [-0.15, -0.1) is 5.92 Å². The van der Waals surface area contributed by atoms with E-state index in [1.165, 1.54) is 4.68 Å². The van der Waals surface area contributed by atoms with Gasteiger partial charge in [0.05, 0.1) is 50.8 Å². The van der Waals surface area contributed by atoms with Crippen LogP contribution in [0.15, 0.2) is 68.1 Å². The molecule has 0 spiro atoms. The van der Waals surface area contributed by atoms with Crippen molar-refractivity contribution in [2.45, 2.75) is 55.6 Å². The van der Waals surface area contributed by atoms with E-state index >= 15 is 0 Å². The Hall–Kier alpha value is -4.07. The van der Waals surface area contributed by atoms with Crippen LogP contribution in [-0.2, 0) is 23.9 Å². The number of imidazole rings is 1. The second-order valence-electron chi connectivity index (χ2n) is 9.81. The summed E-state index contributed by atoms with van der Waals surface area (Å²) in [6.07, 6.45) is 1.93. The molecule has 2 aliphatic heterocycles. The van der Waals surface area contributed by atoms with Crippen molar-refractivity contribution in [1.29, 1.82) is 0 Å². The van der Waals surface area contributed by atoms with E-state index in [-0.39, 0.29) is 18.1 Å². The first kappa shape index (κ1) is 25.2. The molecule has 2 N–H and O–H groups in total. The minimum absolute atomic E-state index is 0.0573. The zero-order valence-corrected chi connectivity index (χ0v) is 22.7. The topological polar surface area (TPSA) is 111 Å².